The summed E-state index contributed by atoms with van der Waals surface area (Å²) in [7, 11) is 0. The van der Waals surface area contributed by atoms with Gasteiger partial charge in [-0.1, -0.05) is 0 Å². The normalized spacial score (nSPS) is 21.3. The molecule has 128 valence electrons. The quantitative estimate of drug-likeness (QED) is 0.870. The molecule has 1 atom stereocenters. The Bertz CT molecular complexity index is 682. The van der Waals surface area contributed by atoms with Crippen LogP contribution in [0, 0.1) is 5.92 Å². The third-order valence-corrected chi connectivity index (χ3v) is 5.03. The summed E-state index contributed by atoms with van der Waals surface area (Å²) in [6.07, 6.45) is 10.1. The van der Waals surface area contributed by atoms with Crippen molar-refractivity contribution < 1.29 is 0 Å². The summed E-state index contributed by atoms with van der Waals surface area (Å²) >= 11 is 0. The van der Waals surface area contributed by atoms with Crippen LogP contribution in [0.2, 0.25) is 0 Å². The molecule has 2 aromatic rings. The van der Waals surface area contributed by atoms with Crippen molar-refractivity contribution in [3.63, 3.8) is 0 Å². The predicted octanol–water partition coefficient (Wildman–Crippen LogP) is 0.860. The highest BCUT2D eigenvalue weighted by Crippen LogP contribution is 2.28. The summed E-state index contributed by atoms with van der Waals surface area (Å²) in [6.45, 7) is 5.04. The Hall–Kier alpha value is -2.15. The molecule has 4 rings (SSSR count). The zero-order valence-corrected chi connectivity index (χ0v) is 14.0. The van der Waals surface area contributed by atoms with Crippen LogP contribution >= 0.6 is 0 Å². The molecule has 2 aliphatic rings. The monoisotopic (exact) mass is 327 g/mol. The molecule has 0 saturated carbocycles. The minimum absolute atomic E-state index is 0.405. The molecule has 2 aliphatic heterocycles. The summed E-state index contributed by atoms with van der Waals surface area (Å²) in [4.78, 5) is 15.7. The summed E-state index contributed by atoms with van der Waals surface area (Å²) in [5.74, 6) is 2.09. The van der Waals surface area contributed by atoms with Gasteiger partial charge in [0.25, 0.3) is 0 Å². The second kappa shape index (κ2) is 6.76. The molecule has 7 heteroatoms. The number of imidazole rings is 1. The van der Waals surface area contributed by atoms with Gasteiger partial charge in [0.1, 0.15) is 5.82 Å². The molecule has 0 bridgehead atoms. The first-order valence-electron chi connectivity index (χ1n) is 8.86. The van der Waals surface area contributed by atoms with Crippen molar-refractivity contribution in [2.24, 2.45) is 5.92 Å². The number of hydrogen-bond donors (Lipinski definition) is 2. The number of anilines is 2. The van der Waals surface area contributed by atoms with E-state index in [0.29, 0.717) is 11.9 Å². The molecule has 0 radical (unpaired) electrons. The van der Waals surface area contributed by atoms with E-state index in [1.807, 2.05) is 18.7 Å². The van der Waals surface area contributed by atoms with Crippen LogP contribution in [-0.2, 0) is 19.4 Å². The zero-order valence-electron chi connectivity index (χ0n) is 14.0. The highest BCUT2D eigenvalue weighted by atomic mass is 15.2. The van der Waals surface area contributed by atoms with Gasteiger partial charge in [0.15, 0.2) is 0 Å². The molecule has 3 N–H and O–H groups in total. The fourth-order valence-corrected chi connectivity index (χ4v) is 3.90. The van der Waals surface area contributed by atoms with Crippen molar-refractivity contribution in [3.8, 4) is 0 Å². The Kier molecular flexibility index (Phi) is 4.34. The van der Waals surface area contributed by atoms with Crippen LogP contribution in [0.25, 0.3) is 0 Å². The second-order valence-electron chi connectivity index (χ2n) is 6.79. The molecule has 1 fully saturated rings. The van der Waals surface area contributed by atoms with Crippen LogP contribution in [0.1, 0.15) is 24.1 Å². The molecule has 1 saturated heterocycles. The minimum Gasteiger partial charge on any atom is -0.368 e. The summed E-state index contributed by atoms with van der Waals surface area (Å²) in [5, 5.41) is 3.44. The molecule has 0 aromatic carbocycles. The molecule has 0 amide bonds. The van der Waals surface area contributed by atoms with Crippen LogP contribution in [-0.4, -0.2) is 45.7 Å². The van der Waals surface area contributed by atoms with Gasteiger partial charge in [0.2, 0.25) is 5.95 Å². The van der Waals surface area contributed by atoms with Gasteiger partial charge in [0, 0.05) is 50.6 Å². The average molecular weight is 327 g/mol. The molecule has 7 nitrogen and oxygen atoms in total. The largest absolute Gasteiger partial charge is 0.368 e. The lowest BCUT2D eigenvalue weighted by molar-refractivity contribution is 0.365. The molecular formula is C17H25N7. The molecule has 0 aliphatic carbocycles. The number of nitrogens with two attached hydrogens (primary N) is 1. The van der Waals surface area contributed by atoms with Gasteiger partial charge in [0.05, 0.1) is 12.0 Å². The fourth-order valence-electron chi connectivity index (χ4n) is 3.90. The number of rotatable bonds is 3. The van der Waals surface area contributed by atoms with Gasteiger partial charge in [-0.3, -0.25) is 0 Å². The number of fused-ring (bicyclic) bond motifs is 1. The predicted molar refractivity (Wildman–Crippen MR) is 93.9 cm³/mol. The first-order chi connectivity index (χ1) is 11.8. The van der Waals surface area contributed by atoms with E-state index in [2.05, 4.69) is 29.7 Å². The Morgan fingerprint density at radius 3 is 3.04 bits per heavy atom. The number of piperidine rings is 1. The highest BCUT2D eigenvalue weighted by molar-refractivity contribution is 5.53. The lowest BCUT2D eigenvalue weighted by atomic mass is 9.97. The Balaban J connectivity index is 1.57. The van der Waals surface area contributed by atoms with E-state index in [9.17, 15) is 0 Å². The second-order valence-corrected chi connectivity index (χ2v) is 6.79. The Morgan fingerprint density at radius 1 is 1.25 bits per heavy atom. The topological polar surface area (TPSA) is 84.9 Å². The molecule has 24 heavy (non-hydrogen) atoms. The summed E-state index contributed by atoms with van der Waals surface area (Å²) in [5.41, 5.74) is 8.42. The smallest absolute Gasteiger partial charge is 0.222 e. The van der Waals surface area contributed by atoms with E-state index in [0.717, 1.165) is 57.1 Å². The van der Waals surface area contributed by atoms with E-state index in [1.165, 1.54) is 18.4 Å². The van der Waals surface area contributed by atoms with Gasteiger partial charge in [-0.25, -0.2) is 9.97 Å². The van der Waals surface area contributed by atoms with Gasteiger partial charge >= 0.3 is 0 Å². The van der Waals surface area contributed by atoms with E-state index in [-0.39, 0.29) is 0 Å². The van der Waals surface area contributed by atoms with Crippen LogP contribution in [0.5, 0.6) is 0 Å². The van der Waals surface area contributed by atoms with Crippen molar-refractivity contribution in [1.29, 1.82) is 0 Å². The number of aromatic nitrogens is 4. The highest BCUT2D eigenvalue weighted by Gasteiger charge is 2.25. The third kappa shape index (κ3) is 3.21. The van der Waals surface area contributed by atoms with Crippen molar-refractivity contribution in [3.05, 3.63) is 30.0 Å². The van der Waals surface area contributed by atoms with E-state index in [1.54, 1.807) is 0 Å². The standard InChI is InChI=1S/C17H25N7/c18-17-21-15-4-6-19-5-3-14(15)16(22-17)24-8-1-2-13(11-24)10-23-9-7-20-12-23/h7,9,12-13,19H,1-6,8,10-11H2,(H2,18,21,22)/t13-/m1/s1. The van der Waals surface area contributed by atoms with Gasteiger partial charge in [-0.2, -0.15) is 4.98 Å². The molecule has 2 aromatic heterocycles. The maximum absolute atomic E-state index is 6.00. The Morgan fingerprint density at radius 2 is 2.17 bits per heavy atom. The Labute approximate surface area is 142 Å². The SMILES string of the molecule is Nc1nc2c(c(N3CCC[C@H](Cn4ccnc4)C3)n1)CCNCC2. The number of hydrogen-bond acceptors (Lipinski definition) is 6. The van der Waals surface area contributed by atoms with Crippen molar-refractivity contribution in [2.75, 3.05) is 36.8 Å². The third-order valence-electron chi connectivity index (χ3n) is 5.03. The number of nitrogen functional groups attached to an aromatic ring is 1. The molecular weight excluding hydrogens is 302 g/mol. The summed E-state index contributed by atoms with van der Waals surface area (Å²) in [6, 6.07) is 0. The first-order valence-corrected chi connectivity index (χ1v) is 8.86. The van der Waals surface area contributed by atoms with Gasteiger partial charge in [-0.05, 0) is 31.7 Å². The maximum Gasteiger partial charge on any atom is 0.222 e. The zero-order chi connectivity index (χ0) is 16.4. The van der Waals surface area contributed by atoms with Crippen LogP contribution < -0.4 is 16.0 Å². The minimum atomic E-state index is 0.405. The average Bonchev–Trinajstić information content (AvgIpc) is 2.98. The molecule has 4 heterocycles. The molecule has 0 spiro atoms. The van der Waals surface area contributed by atoms with Crippen LogP contribution in [0.4, 0.5) is 11.8 Å². The van der Waals surface area contributed by atoms with E-state index >= 15 is 0 Å². The maximum atomic E-state index is 6.00. The first kappa shape index (κ1) is 15.4. The summed E-state index contributed by atoms with van der Waals surface area (Å²) < 4.78 is 2.17. The number of nitrogens with one attached hydrogen (secondary N) is 1. The van der Waals surface area contributed by atoms with Gasteiger partial charge in [-0.15, -0.1) is 0 Å². The van der Waals surface area contributed by atoms with Crippen molar-refractivity contribution >= 4 is 11.8 Å². The lowest BCUT2D eigenvalue weighted by Crippen LogP contribution is -2.38. The van der Waals surface area contributed by atoms with Crippen LogP contribution in [0.3, 0.4) is 0 Å². The van der Waals surface area contributed by atoms with E-state index < -0.39 is 0 Å². The van der Waals surface area contributed by atoms with Gasteiger partial charge < -0.3 is 20.5 Å². The van der Waals surface area contributed by atoms with Crippen molar-refractivity contribution in [1.82, 2.24) is 24.8 Å². The van der Waals surface area contributed by atoms with Crippen LogP contribution in [0.15, 0.2) is 18.7 Å². The fraction of sp³-hybridized carbons (Fsp3) is 0.588. The lowest BCUT2D eigenvalue weighted by Gasteiger charge is -2.35. The van der Waals surface area contributed by atoms with Crippen molar-refractivity contribution in [2.45, 2.75) is 32.2 Å². The number of nitrogens with zero attached hydrogens (tertiary/aromatic N) is 5. The van der Waals surface area contributed by atoms with E-state index in [4.69, 9.17) is 5.73 Å². The molecule has 0 unspecified atom stereocenters.